The lowest BCUT2D eigenvalue weighted by molar-refractivity contribution is 0.0596. The molecule has 0 radical (unpaired) electrons. The second-order valence-corrected chi connectivity index (χ2v) is 6.81. The van der Waals surface area contributed by atoms with E-state index in [1.165, 1.54) is 14.2 Å². The lowest BCUT2D eigenvalue weighted by Crippen LogP contribution is -2.11. The van der Waals surface area contributed by atoms with Crippen molar-refractivity contribution in [1.29, 1.82) is 0 Å². The molecule has 0 aliphatic heterocycles. The number of aryl methyl sites for hydroxylation is 4. The predicted octanol–water partition coefficient (Wildman–Crippen LogP) is 3.60. The zero-order chi connectivity index (χ0) is 23.4. The Morgan fingerprint density at radius 2 is 1.86 bits per heavy atom. The molecule has 1 aromatic carbocycles. The van der Waals surface area contributed by atoms with Gasteiger partial charge >= 0.3 is 5.97 Å². The fourth-order valence-electron chi connectivity index (χ4n) is 3.56. The van der Waals surface area contributed by atoms with Crippen LogP contribution in [0.25, 0.3) is 33.3 Å². The maximum Gasteiger partial charge on any atom is 0.358 e. The third kappa shape index (κ3) is 2.95. The first-order valence-corrected chi connectivity index (χ1v) is 8.92. The number of rotatable bonds is 3. The second kappa shape index (κ2) is 6.77. The average molecular weight is 394 g/mol. The molecular formula is C22H21N3O4. The van der Waals surface area contributed by atoms with Gasteiger partial charge in [-0.25, -0.2) is 9.78 Å². The minimum atomic E-state index is -2.58. The second-order valence-electron chi connectivity index (χ2n) is 6.81. The first kappa shape index (κ1) is 15.3. The number of pyridine rings is 1. The van der Waals surface area contributed by atoms with Crippen molar-refractivity contribution >= 4 is 16.9 Å². The lowest BCUT2D eigenvalue weighted by Gasteiger charge is -2.08. The highest BCUT2D eigenvalue weighted by Gasteiger charge is 2.19. The summed E-state index contributed by atoms with van der Waals surface area (Å²) in [5.41, 5.74) is 2.53. The van der Waals surface area contributed by atoms with E-state index in [-0.39, 0.29) is 16.8 Å². The Hall–Kier alpha value is -3.61. The normalized spacial score (nSPS) is 13.2. The number of methoxy groups -OCH3 is 1. The van der Waals surface area contributed by atoms with Gasteiger partial charge in [-0.2, -0.15) is 4.74 Å². The Labute approximate surface area is 171 Å². The number of hydrogen-bond acceptors (Lipinski definition) is 5. The van der Waals surface area contributed by atoms with Gasteiger partial charge in [-0.15, -0.1) is 0 Å². The number of benzene rings is 1. The number of fused-ring (bicyclic) bond motifs is 1. The molecule has 0 saturated carbocycles. The van der Waals surface area contributed by atoms with Crippen LogP contribution in [0.1, 0.15) is 26.1 Å². The van der Waals surface area contributed by atoms with E-state index < -0.39 is 12.9 Å². The third-order valence-corrected chi connectivity index (χ3v) is 4.88. The van der Waals surface area contributed by atoms with Crippen molar-refractivity contribution in [2.75, 3.05) is 7.11 Å². The molecule has 148 valence electrons. The maximum atomic E-state index is 12.3. The Bertz CT molecular complexity index is 1410. The average Bonchev–Trinajstić information content (AvgIpc) is 3.23. The van der Waals surface area contributed by atoms with Gasteiger partial charge in [0.1, 0.15) is 5.76 Å². The maximum absolute atomic E-state index is 12.3. The predicted molar refractivity (Wildman–Crippen MR) is 110 cm³/mol. The van der Waals surface area contributed by atoms with Gasteiger partial charge in [-0.1, -0.05) is 24.3 Å². The molecule has 0 atom stereocenters. The molecule has 3 heterocycles. The molecule has 3 aromatic heterocycles. The number of aromatic nitrogens is 3. The van der Waals surface area contributed by atoms with Crippen LogP contribution in [0.5, 0.6) is 0 Å². The number of nitrogens with zero attached hydrogens (tertiary/aromatic N) is 3. The number of hydrogen-bond donors (Lipinski definition) is 0. The largest absolute Gasteiger partial charge is 0.464 e. The van der Waals surface area contributed by atoms with E-state index in [1.54, 1.807) is 50.2 Å². The van der Waals surface area contributed by atoms with Crippen LogP contribution in [0.15, 0.2) is 45.7 Å². The van der Waals surface area contributed by atoms with E-state index in [0.717, 1.165) is 9.31 Å². The molecule has 0 unspecified atom stereocenters. The SMILES string of the molecule is [2H]C([2H])([2H])n1c(-c2ccc(-c3c(C)on(C)c3=O)cc2)cc2cc(C)nc(C(=O)OC)c21. The topological polar surface area (TPSA) is 79.3 Å². The van der Waals surface area contributed by atoms with Gasteiger partial charge in [0, 0.05) is 34.9 Å². The Morgan fingerprint density at radius 1 is 1.17 bits per heavy atom. The zero-order valence-corrected chi connectivity index (χ0v) is 16.4. The summed E-state index contributed by atoms with van der Waals surface area (Å²) < 4.78 is 36.8. The summed E-state index contributed by atoms with van der Waals surface area (Å²) in [5, 5.41) is 0.563. The van der Waals surface area contributed by atoms with Gasteiger partial charge in [-0.05, 0) is 37.1 Å². The first-order chi connectivity index (χ1) is 15.0. The van der Waals surface area contributed by atoms with Crippen LogP contribution in [0, 0.1) is 13.8 Å². The molecule has 7 nitrogen and oxygen atoms in total. The number of ether oxygens (including phenoxy) is 1. The van der Waals surface area contributed by atoms with E-state index in [4.69, 9.17) is 13.4 Å². The van der Waals surface area contributed by atoms with E-state index in [2.05, 4.69) is 4.98 Å². The highest BCUT2D eigenvalue weighted by molar-refractivity contribution is 6.03. The first-order valence-electron chi connectivity index (χ1n) is 10.4. The molecule has 0 aliphatic rings. The Kier molecular flexibility index (Phi) is 3.58. The highest BCUT2D eigenvalue weighted by Crippen LogP contribution is 2.31. The molecule has 29 heavy (non-hydrogen) atoms. The fraction of sp³-hybridized carbons (Fsp3) is 0.227. The summed E-state index contributed by atoms with van der Waals surface area (Å²) in [5.74, 6) is -0.221. The van der Waals surface area contributed by atoms with Crippen molar-refractivity contribution in [3.05, 3.63) is 63.9 Å². The molecule has 0 N–H and O–H groups in total. The quantitative estimate of drug-likeness (QED) is 0.496. The van der Waals surface area contributed by atoms with Crippen molar-refractivity contribution in [2.24, 2.45) is 14.0 Å². The Balaban J connectivity index is 1.95. The fourth-order valence-corrected chi connectivity index (χ4v) is 3.56. The molecule has 4 rings (SSSR count). The molecule has 0 saturated heterocycles. The summed E-state index contributed by atoms with van der Waals surface area (Å²) in [6, 6.07) is 10.4. The highest BCUT2D eigenvalue weighted by atomic mass is 16.5. The molecule has 4 aromatic rings. The van der Waals surface area contributed by atoms with Gasteiger partial charge in [0.25, 0.3) is 5.56 Å². The van der Waals surface area contributed by atoms with Gasteiger partial charge in [0.15, 0.2) is 5.69 Å². The minimum absolute atomic E-state index is 0.0565. The van der Waals surface area contributed by atoms with Crippen molar-refractivity contribution in [3.63, 3.8) is 0 Å². The molecular weight excluding hydrogens is 370 g/mol. The standard InChI is InChI=1S/C22H21N3O4/c1-12-10-16-11-17(24(3)20(16)19(23-12)22(27)28-5)14-6-8-15(9-7-14)18-13(2)29-25(4)21(18)26/h6-11H,1-5H3/i3D3. The van der Waals surface area contributed by atoms with Crippen LogP contribution in [0.4, 0.5) is 0 Å². The number of esters is 1. The lowest BCUT2D eigenvalue weighted by atomic mass is 10.0. The van der Waals surface area contributed by atoms with Crippen molar-refractivity contribution < 1.29 is 18.2 Å². The molecule has 0 fully saturated rings. The number of carbonyl (C=O) groups is 1. The van der Waals surface area contributed by atoms with Crippen LogP contribution in [0.3, 0.4) is 0 Å². The van der Waals surface area contributed by atoms with Crippen molar-refractivity contribution in [2.45, 2.75) is 13.8 Å². The molecule has 0 amide bonds. The van der Waals surface area contributed by atoms with Crippen LogP contribution < -0.4 is 5.56 Å². The molecule has 7 heteroatoms. The van der Waals surface area contributed by atoms with Gasteiger partial charge in [0.2, 0.25) is 0 Å². The molecule has 0 spiro atoms. The molecule has 0 bridgehead atoms. The van der Waals surface area contributed by atoms with E-state index >= 15 is 0 Å². The van der Waals surface area contributed by atoms with E-state index in [1.807, 2.05) is 0 Å². The van der Waals surface area contributed by atoms with Gasteiger partial charge in [0.05, 0.1) is 18.2 Å². The summed E-state index contributed by atoms with van der Waals surface area (Å²) in [6.45, 7) is 0.855. The Morgan fingerprint density at radius 3 is 2.45 bits per heavy atom. The summed E-state index contributed by atoms with van der Waals surface area (Å²) >= 11 is 0. The van der Waals surface area contributed by atoms with Crippen molar-refractivity contribution in [3.8, 4) is 22.4 Å². The zero-order valence-electron chi connectivity index (χ0n) is 19.4. The van der Waals surface area contributed by atoms with Crippen LogP contribution >= 0.6 is 0 Å². The van der Waals surface area contributed by atoms with E-state index in [9.17, 15) is 9.59 Å². The van der Waals surface area contributed by atoms with E-state index in [0.29, 0.717) is 39.2 Å². The summed E-state index contributed by atoms with van der Waals surface area (Å²) in [7, 11) is 2.76. The van der Waals surface area contributed by atoms with Gasteiger partial charge < -0.3 is 13.8 Å². The number of carbonyl (C=O) groups excluding carboxylic acids is 1. The monoisotopic (exact) mass is 394 g/mol. The van der Waals surface area contributed by atoms with Crippen molar-refractivity contribution in [1.82, 2.24) is 14.3 Å². The summed E-state index contributed by atoms with van der Waals surface area (Å²) in [6.07, 6.45) is 0. The van der Waals surface area contributed by atoms with Crippen LogP contribution in [-0.2, 0) is 18.8 Å². The smallest absolute Gasteiger partial charge is 0.358 e. The van der Waals surface area contributed by atoms with Crippen LogP contribution in [-0.4, -0.2) is 27.4 Å². The molecule has 0 aliphatic carbocycles. The third-order valence-electron chi connectivity index (χ3n) is 4.88. The summed E-state index contributed by atoms with van der Waals surface area (Å²) in [4.78, 5) is 28.9. The van der Waals surface area contributed by atoms with Gasteiger partial charge in [-0.3, -0.25) is 4.79 Å². The van der Waals surface area contributed by atoms with Crippen LogP contribution in [0.2, 0.25) is 0 Å². The minimum Gasteiger partial charge on any atom is -0.464 e.